The minimum absolute atomic E-state index is 0.154. The molecular formula is C15H21ClN2O2. The zero-order valence-corrected chi connectivity index (χ0v) is 12.6. The lowest BCUT2D eigenvalue weighted by atomic mass is 9.89. The van der Waals surface area contributed by atoms with Gasteiger partial charge < -0.3 is 4.90 Å². The van der Waals surface area contributed by atoms with Crippen LogP contribution in [0.2, 0.25) is 0 Å². The number of rotatable bonds is 5. The molecule has 0 heterocycles. The van der Waals surface area contributed by atoms with Crippen LogP contribution in [0.1, 0.15) is 37.7 Å². The number of benzene rings is 1. The SMILES string of the molecule is CN(CC1CCCCC1)c1ccc(CCl)cc1[N+](=O)[O-]. The lowest BCUT2D eigenvalue weighted by Gasteiger charge is -2.28. The van der Waals surface area contributed by atoms with Gasteiger partial charge in [-0.25, -0.2) is 0 Å². The molecule has 0 unspecified atom stereocenters. The molecule has 0 aliphatic heterocycles. The Morgan fingerprint density at radius 3 is 2.65 bits per heavy atom. The van der Waals surface area contributed by atoms with Crippen LogP contribution in [0.5, 0.6) is 0 Å². The highest BCUT2D eigenvalue weighted by Crippen LogP contribution is 2.31. The minimum Gasteiger partial charge on any atom is -0.369 e. The second-order valence-corrected chi connectivity index (χ2v) is 5.87. The molecule has 5 heteroatoms. The number of hydrogen-bond donors (Lipinski definition) is 0. The third-order valence-electron chi connectivity index (χ3n) is 4.06. The number of nitro benzene ring substituents is 1. The lowest BCUT2D eigenvalue weighted by molar-refractivity contribution is -0.384. The zero-order valence-electron chi connectivity index (χ0n) is 11.8. The number of hydrogen-bond acceptors (Lipinski definition) is 3. The van der Waals surface area contributed by atoms with Gasteiger partial charge in [0.25, 0.3) is 5.69 Å². The van der Waals surface area contributed by atoms with Gasteiger partial charge in [-0.1, -0.05) is 25.3 Å². The Kier molecular flexibility index (Phi) is 5.24. The molecule has 1 fully saturated rings. The summed E-state index contributed by atoms with van der Waals surface area (Å²) in [5, 5.41) is 11.2. The summed E-state index contributed by atoms with van der Waals surface area (Å²) in [5.41, 5.74) is 1.63. The van der Waals surface area contributed by atoms with E-state index >= 15 is 0 Å². The van der Waals surface area contributed by atoms with E-state index in [0.717, 1.165) is 12.1 Å². The molecule has 0 amide bonds. The van der Waals surface area contributed by atoms with Crippen molar-refractivity contribution < 1.29 is 4.92 Å². The molecule has 20 heavy (non-hydrogen) atoms. The average Bonchev–Trinajstić information content (AvgIpc) is 2.47. The largest absolute Gasteiger partial charge is 0.369 e. The second kappa shape index (κ2) is 6.93. The van der Waals surface area contributed by atoms with E-state index in [1.807, 2.05) is 24.1 Å². The molecule has 1 aromatic rings. The first kappa shape index (κ1) is 15.1. The first-order chi connectivity index (χ1) is 9.61. The lowest BCUT2D eigenvalue weighted by Crippen LogP contribution is -2.27. The van der Waals surface area contributed by atoms with Crippen molar-refractivity contribution in [2.24, 2.45) is 5.92 Å². The first-order valence-electron chi connectivity index (χ1n) is 7.16. The van der Waals surface area contributed by atoms with Crippen molar-refractivity contribution in [2.75, 3.05) is 18.5 Å². The predicted molar refractivity (Wildman–Crippen MR) is 82.5 cm³/mol. The molecule has 4 nitrogen and oxygen atoms in total. The van der Waals surface area contributed by atoms with Crippen LogP contribution in [0.15, 0.2) is 18.2 Å². The van der Waals surface area contributed by atoms with Crippen LogP contribution in [0.4, 0.5) is 11.4 Å². The summed E-state index contributed by atoms with van der Waals surface area (Å²) < 4.78 is 0. The third kappa shape index (κ3) is 3.63. The highest BCUT2D eigenvalue weighted by Gasteiger charge is 2.21. The predicted octanol–water partition coefficient (Wildman–Crippen LogP) is 4.35. The number of nitrogens with zero attached hydrogens (tertiary/aromatic N) is 2. The van der Waals surface area contributed by atoms with Gasteiger partial charge in [-0.05, 0) is 30.4 Å². The van der Waals surface area contributed by atoms with E-state index in [9.17, 15) is 10.1 Å². The summed E-state index contributed by atoms with van der Waals surface area (Å²) in [7, 11) is 1.94. The van der Waals surface area contributed by atoms with Crippen molar-refractivity contribution in [2.45, 2.75) is 38.0 Å². The molecule has 0 bridgehead atoms. The summed E-state index contributed by atoms with van der Waals surface area (Å²) in [6, 6.07) is 5.27. The molecule has 1 aliphatic rings. The van der Waals surface area contributed by atoms with Crippen molar-refractivity contribution in [3.8, 4) is 0 Å². The van der Waals surface area contributed by atoms with Gasteiger partial charge in [-0.15, -0.1) is 11.6 Å². The smallest absolute Gasteiger partial charge is 0.292 e. The van der Waals surface area contributed by atoms with Gasteiger partial charge in [0.1, 0.15) is 5.69 Å². The van der Waals surface area contributed by atoms with Crippen molar-refractivity contribution >= 4 is 23.0 Å². The number of halogens is 1. The van der Waals surface area contributed by atoms with Crippen molar-refractivity contribution in [3.05, 3.63) is 33.9 Å². The van der Waals surface area contributed by atoms with Crippen LogP contribution < -0.4 is 4.90 Å². The van der Waals surface area contributed by atoms with Gasteiger partial charge >= 0.3 is 0 Å². The van der Waals surface area contributed by atoms with Gasteiger partial charge in [-0.2, -0.15) is 0 Å². The molecule has 0 N–H and O–H groups in total. The Balaban J connectivity index is 2.15. The number of nitro groups is 1. The van der Waals surface area contributed by atoms with Gasteiger partial charge in [0.05, 0.1) is 4.92 Å². The maximum Gasteiger partial charge on any atom is 0.292 e. The summed E-state index contributed by atoms with van der Waals surface area (Å²) >= 11 is 5.75. The van der Waals surface area contributed by atoms with Gasteiger partial charge in [-0.3, -0.25) is 10.1 Å². The minimum atomic E-state index is -0.317. The van der Waals surface area contributed by atoms with Crippen LogP contribution >= 0.6 is 11.6 Å². The van der Waals surface area contributed by atoms with E-state index in [1.54, 1.807) is 6.07 Å². The molecule has 0 aromatic heterocycles. The number of anilines is 1. The molecule has 0 atom stereocenters. The van der Waals surface area contributed by atoms with Gasteiger partial charge in [0, 0.05) is 25.5 Å². The molecule has 110 valence electrons. The quantitative estimate of drug-likeness (QED) is 0.461. The number of alkyl halides is 1. The van der Waals surface area contributed by atoms with Crippen LogP contribution in [-0.4, -0.2) is 18.5 Å². The van der Waals surface area contributed by atoms with E-state index in [4.69, 9.17) is 11.6 Å². The molecule has 1 aliphatic carbocycles. The van der Waals surface area contributed by atoms with E-state index < -0.39 is 0 Å². The van der Waals surface area contributed by atoms with Crippen LogP contribution in [0.3, 0.4) is 0 Å². The Labute approximate surface area is 124 Å². The Morgan fingerprint density at radius 1 is 1.35 bits per heavy atom. The average molecular weight is 297 g/mol. The zero-order chi connectivity index (χ0) is 14.5. The van der Waals surface area contributed by atoms with Crippen molar-refractivity contribution in [3.63, 3.8) is 0 Å². The maximum atomic E-state index is 11.2. The fraction of sp³-hybridized carbons (Fsp3) is 0.600. The molecule has 1 aromatic carbocycles. The third-order valence-corrected chi connectivity index (χ3v) is 4.37. The Hall–Kier alpha value is -1.29. The van der Waals surface area contributed by atoms with Crippen molar-refractivity contribution in [1.29, 1.82) is 0 Å². The molecule has 0 spiro atoms. The first-order valence-corrected chi connectivity index (χ1v) is 7.69. The van der Waals surface area contributed by atoms with Crippen LogP contribution in [0.25, 0.3) is 0 Å². The highest BCUT2D eigenvalue weighted by atomic mass is 35.5. The molecule has 0 saturated heterocycles. The van der Waals surface area contributed by atoms with E-state index in [1.165, 1.54) is 32.1 Å². The van der Waals surface area contributed by atoms with Crippen LogP contribution in [-0.2, 0) is 5.88 Å². The summed E-state index contributed by atoms with van der Waals surface area (Å²) in [4.78, 5) is 12.9. The van der Waals surface area contributed by atoms with E-state index in [0.29, 0.717) is 17.5 Å². The van der Waals surface area contributed by atoms with Gasteiger partial charge in [0.2, 0.25) is 0 Å². The van der Waals surface area contributed by atoms with Gasteiger partial charge in [0.15, 0.2) is 0 Å². The topological polar surface area (TPSA) is 46.4 Å². The molecule has 0 radical (unpaired) electrons. The standard InChI is InChI=1S/C15H21ClN2O2/c1-17(11-12-5-3-2-4-6-12)14-8-7-13(10-16)9-15(14)18(19)20/h7-9,12H,2-6,10-11H2,1H3. The fourth-order valence-corrected chi connectivity index (χ4v) is 3.14. The molecular weight excluding hydrogens is 276 g/mol. The summed E-state index contributed by atoms with van der Waals surface area (Å²) in [6.07, 6.45) is 6.36. The maximum absolute atomic E-state index is 11.2. The monoisotopic (exact) mass is 296 g/mol. The Bertz CT molecular complexity index is 473. The molecule has 1 saturated carbocycles. The summed E-state index contributed by atoms with van der Waals surface area (Å²) in [6.45, 7) is 0.890. The second-order valence-electron chi connectivity index (χ2n) is 5.60. The van der Waals surface area contributed by atoms with Crippen molar-refractivity contribution in [1.82, 2.24) is 0 Å². The fourth-order valence-electron chi connectivity index (χ4n) is 2.98. The van der Waals surface area contributed by atoms with E-state index in [2.05, 4.69) is 0 Å². The summed E-state index contributed by atoms with van der Waals surface area (Å²) in [5.74, 6) is 0.953. The Morgan fingerprint density at radius 2 is 2.05 bits per heavy atom. The normalized spacial score (nSPS) is 16.1. The van der Waals surface area contributed by atoms with Crippen LogP contribution in [0, 0.1) is 16.0 Å². The highest BCUT2D eigenvalue weighted by molar-refractivity contribution is 6.17. The van der Waals surface area contributed by atoms with E-state index in [-0.39, 0.29) is 10.6 Å². The molecule has 2 rings (SSSR count).